The molecule has 0 saturated heterocycles. The molecule has 0 spiro atoms. The summed E-state index contributed by atoms with van der Waals surface area (Å²) in [6, 6.07) is 6.47. The van der Waals surface area contributed by atoms with Crippen molar-refractivity contribution in [3.63, 3.8) is 0 Å². The van der Waals surface area contributed by atoms with Gasteiger partial charge in [0.1, 0.15) is 5.75 Å². The van der Waals surface area contributed by atoms with Gasteiger partial charge in [-0.2, -0.15) is 8.42 Å². The fourth-order valence-electron chi connectivity index (χ4n) is 1.61. The molecule has 0 N–H and O–H groups in total. The van der Waals surface area contributed by atoms with Crippen LogP contribution < -0.4 is 4.18 Å². The van der Waals surface area contributed by atoms with Crippen LogP contribution in [0.4, 0.5) is 0 Å². The van der Waals surface area contributed by atoms with Crippen molar-refractivity contribution in [3.8, 4) is 5.75 Å². The van der Waals surface area contributed by atoms with Crippen molar-refractivity contribution in [2.24, 2.45) is 5.92 Å². The summed E-state index contributed by atoms with van der Waals surface area (Å²) in [5.41, 5.74) is 0.754. The first-order chi connectivity index (χ1) is 10.8. The Kier molecular flexibility index (Phi) is 7.81. The maximum Gasteiger partial charge on any atom is 0.330 e. The van der Waals surface area contributed by atoms with E-state index < -0.39 is 16.1 Å². The van der Waals surface area contributed by atoms with E-state index in [4.69, 9.17) is 8.92 Å². The third-order valence-electron chi connectivity index (χ3n) is 2.82. The Morgan fingerprint density at radius 2 is 1.87 bits per heavy atom. The smallest absolute Gasteiger partial charge is 0.330 e. The van der Waals surface area contributed by atoms with Crippen LogP contribution in [0.15, 0.2) is 30.3 Å². The molecule has 1 rings (SSSR count). The predicted octanol–water partition coefficient (Wildman–Crippen LogP) is 3.41. The molecule has 23 heavy (non-hydrogen) atoms. The highest BCUT2D eigenvalue weighted by Gasteiger charge is 2.11. The van der Waals surface area contributed by atoms with Gasteiger partial charge in [-0.1, -0.05) is 39.3 Å². The van der Waals surface area contributed by atoms with Crippen molar-refractivity contribution in [1.82, 2.24) is 0 Å². The summed E-state index contributed by atoms with van der Waals surface area (Å²) < 4.78 is 33.4. The molecule has 0 aliphatic carbocycles. The van der Waals surface area contributed by atoms with E-state index in [1.54, 1.807) is 30.3 Å². The minimum absolute atomic E-state index is 0.00679. The number of hydrogen-bond donors (Lipinski definition) is 0. The molecule has 6 heteroatoms. The number of hydrogen-bond acceptors (Lipinski definition) is 5. The molecular weight excluding hydrogens is 316 g/mol. The van der Waals surface area contributed by atoms with E-state index in [0.29, 0.717) is 18.9 Å². The highest BCUT2D eigenvalue weighted by Crippen LogP contribution is 2.16. The van der Waals surface area contributed by atoms with E-state index >= 15 is 0 Å². The van der Waals surface area contributed by atoms with E-state index in [2.05, 4.69) is 0 Å². The lowest BCUT2D eigenvalue weighted by atomic mass is 10.2. The summed E-state index contributed by atoms with van der Waals surface area (Å²) in [6.07, 6.45) is 4.31. The Bertz CT molecular complexity index is 615. The number of carbonyl (C=O) groups excluding carboxylic acids is 1. The summed E-state index contributed by atoms with van der Waals surface area (Å²) in [7, 11) is -3.54. The first-order valence-corrected chi connectivity index (χ1v) is 9.27. The van der Waals surface area contributed by atoms with Crippen LogP contribution in [0.1, 0.15) is 39.2 Å². The number of ether oxygens (including phenoxy) is 1. The third kappa shape index (κ3) is 8.40. The van der Waals surface area contributed by atoms with Gasteiger partial charge in [0, 0.05) is 6.08 Å². The van der Waals surface area contributed by atoms with Crippen molar-refractivity contribution in [1.29, 1.82) is 0 Å². The molecule has 0 fully saturated rings. The lowest BCUT2D eigenvalue weighted by Gasteiger charge is -2.06. The molecule has 1 aromatic rings. The molecule has 0 bridgehead atoms. The van der Waals surface area contributed by atoms with Crippen molar-refractivity contribution >= 4 is 22.2 Å². The van der Waals surface area contributed by atoms with Gasteiger partial charge in [0.25, 0.3) is 0 Å². The molecule has 0 amide bonds. The quantitative estimate of drug-likeness (QED) is 0.391. The number of carbonyl (C=O) groups is 1. The monoisotopic (exact) mass is 340 g/mol. The lowest BCUT2D eigenvalue weighted by Crippen LogP contribution is -2.13. The van der Waals surface area contributed by atoms with Gasteiger partial charge in [-0.25, -0.2) is 4.79 Å². The SMILES string of the molecule is CCCCS(=O)(=O)Oc1ccc(C=CC(=O)OCC(C)C)cc1. The van der Waals surface area contributed by atoms with E-state index in [1.807, 2.05) is 20.8 Å². The van der Waals surface area contributed by atoms with Gasteiger partial charge in [0.05, 0.1) is 12.4 Å². The third-order valence-corrected chi connectivity index (χ3v) is 4.06. The highest BCUT2D eigenvalue weighted by atomic mass is 32.2. The van der Waals surface area contributed by atoms with Crippen molar-refractivity contribution in [2.45, 2.75) is 33.6 Å². The van der Waals surface area contributed by atoms with E-state index in [-0.39, 0.29) is 11.5 Å². The molecule has 128 valence electrons. The molecule has 5 nitrogen and oxygen atoms in total. The maximum atomic E-state index is 11.7. The Labute approximate surface area is 138 Å². The van der Waals surface area contributed by atoms with E-state index in [0.717, 1.165) is 12.0 Å². The molecule has 0 aliphatic rings. The average Bonchev–Trinajstić information content (AvgIpc) is 2.50. The van der Waals surface area contributed by atoms with Crippen LogP contribution in [-0.4, -0.2) is 26.7 Å². The lowest BCUT2D eigenvalue weighted by molar-refractivity contribution is -0.138. The van der Waals surface area contributed by atoms with Gasteiger partial charge < -0.3 is 8.92 Å². The van der Waals surface area contributed by atoms with Gasteiger partial charge in [-0.05, 0) is 36.1 Å². The van der Waals surface area contributed by atoms with E-state index in [9.17, 15) is 13.2 Å². The Hall–Kier alpha value is -1.82. The average molecular weight is 340 g/mol. The number of esters is 1. The standard InChI is InChI=1S/C17H24O5S/c1-4-5-12-23(19,20)22-16-9-6-15(7-10-16)8-11-17(18)21-13-14(2)3/h6-11,14H,4-5,12-13H2,1-3H3. The molecule has 0 atom stereocenters. The Balaban J connectivity index is 2.58. The van der Waals surface area contributed by atoms with Crippen LogP contribution >= 0.6 is 0 Å². The number of benzene rings is 1. The van der Waals surface area contributed by atoms with Gasteiger partial charge in [0.2, 0.25) is 0 Å². The molecule has 0 aromatic heterocycles. The summed E-state index contributed by atoms with van der Waals surface area (Å²) in [6.45, 7) is 6.23. The van der Waals surface area contributed by atoms with Crippen LogP contribution in [0, 0.1) is 5.92 Å². The van der Waals surface area contributed by atoms with Gasteiger partial charge in [-0.15, -0.1) is 0 Å². The van der Waals surface area contributed by atoms with Gasteiger partial charge in [-0.3, -0.25) is 0 Å². The second-order valence-electron chi connectivity index (χ2n) is 5.62. The second kappa shape index (κ2) is 9.35. The van der Waals surface area contributed by atoms with E-state index in [1.165, 1.54) is 6.08 Å². The maximum absolute atomic E-state index is 11.7. The molecule has 1 aromatic carbocycles. The van der Waals surface area contributed by atoms with Crippen molar-refractivity contribution in [3.05, 3.63) is 35.9 Å². The number of unbranched alkanes of at least 4 members (excludes halogenated alkanes) is 1. The largest absolute Gasteiger partial charge is 0.462 e. The summed E-state index contributed by atoms with van der Waals surface area (Å²) >= 11 is 0. The molecule has 0 saturated carbocycles. The normalized spacial score (nSPS) is 11.8. The second-order valence-corrected chi connectivity index (χ2v) is 7.32. The molecule has 0 aliphatic heterocycles. The van der Waals surface area contributed by atoms with Crippen LogP contribution in [0.25, 0.3) is 6.08 Å². The minimum Gasteiger partial charge on any atom is -0.462 e. The molecule has 0 heterocycles. The minimum atomic E-state index is -3.54. The topological polar surface area (TPSA) is 69.7 Å². The van der Waals surface area contributed by atoms with Crippen LogP contribution in [0.3, 0.4) is 0 Å². The molecular formula is C17H24O5S. The summed E-state index contributed by atoms with van der Waals surface area (Å²) in [5, 5.41) is 0. The highest BCUT2D eigenvalue weighted by molar-refractivity contribution is 7.87. The molecule has 0 radical (unpaired) electrons. The first-order valence-electron chi connectivity index (χ1n) is 7.69. The summed E-state index contributed by atoms with van der Waals surface area (Å²) in [4.78, 5) is 11.5. The molecule has 0 unspecified atom stereocenters. The zero-order chi connectivity index (χ0) is 17.3. The van der Waals surface area contributed by atoms with Crippen LogP contribution in [0.2, 0.25) is 0 Å². The zero-order valence-electron chi connectivity index (χ0n) is 13.8. The number of rotatable bonds is 9. The Morgan fingerprint density at radius 3 is 2.43 bits per heavy atom. The zero-order valence-corrected chi connectivity index (χ0v) is 14.6. The van der Waals surface area contributed by atoms with Gasteiger partial charge in [0.15, 0.2) is 0 Å². The summed E-state index contributed by atoms with van der Waals surface area (Å²) in [5.74, 6) is 0.160. The van der Waals surface area contributed by atoms with Gasteiger partial charge >= 0.3 is 16.1 Å². The van der Waals surface area contributed by atoms with Crippen LogP contribution in [-0.2, 0) is 19.6 Å². The van der Waals surface area contributed by atoms with Crippen molar-refractivity contribution in [2.75, 3.05) is 12.4 Å². The van der Waals surface area contributed by atoms with Crippen molar-refractivity contribution < 1.29 is 22.1 Å². The Morgan fingerprint density at radius 1 is 1.22 bits per heavy atom. The predicted molar refractivity (Wildman–Crippen MR) is 90.6 cm³/mol. The van der Waals surface area contributed by atoms with Crippen LogP contribution in [0.5, 0.6) is 5.75 Å². The first kappa shape index (κ1) is 19.2. The fraction of sp³-hybridized carbons (Fsp3) is 0.471. The fourth-order valence-corrected chi connectivity index (χ4v) is 2.73.